The number of pyridine rings is 2. The van der Waals surface area contributed by atoms with E-state index in [9.17, 15) is 50.6 Å². The topological polar surface area (TPSA) is 253 Å². The SMILES string of the molecule is CC(C)(C)OC(=O)N1CCN(C(=O)c2cc3c(Nc4ccc(-c5ccccc5)cc4)cncc3s2)CC1.CC(C)(C)OC(=O)N1CCNCC1.O=C(O)C(F)(F)F.O=C(O)C(F)(F)F.O=C(O)c1cc2c(Nc3ccc(-c4ccccc4)cc3)cncc2s1. The molecule has 0 unspecified atom stereocenters. The lowest BCUT2D eigenvalue weighted by atomic mass is 10.1. The fourth-order valence-electron chi connectivity index (χ4n) is 8.14. The molecule has 89 heavy (non-hydrogen) atoms. The van der Waals surface area contributed by atoms with Crippen LogP contribution in [0.25, 0.3) is 42.4 Å². The van der Waals surface area contributed by atoms with Gasteiger partial charge in [0, 0.05) is 86.9 Å². The van der Waals surface area contributed by atoms with Crippen molar-refractivity contribution < 1.29 is 79.9 Å². The number of carbonyl (C=O) groups excluding carboxylic acids is 3. The number of anilines is 4. The zero-order valence-electron chi connectivity index (χ0n) is 48.9. The summed E-state index contributed by atoms with van der Waals surface area (Å²) in [6.45, 7) is 16.3. The Morgan fingerprint density at radius 1 is 0.483 bits per heavy atom. The van der Waals surface area contributed by atoms with Gasteiger partial charge in [-0.1, -0.05) is 84.9 Å². The lowest BCUT2D eigenvalue weighted by Crippen LogP contribution is -2.51. The third-order valence-corrected chi connectivity index (χ3v) is 14.4. The summed E-state index contributed by atoms with van der Waals surface area (Å²) in [5, 5.41) is 35.2. The molecule has 10 rings (SSSR count). The maximum atomic E-state index is 13.3. The number of carboxylic acids is 3. The van der Waals surface area contributed by atoms with Crippen molar-refractivity contribution in [2.45, 2.75) is 65.1 Å². The molecule has 0 atom stereocenters. The maximum Gasteiger partial charge on any atom is 0.490 e. The van der Waals surface area contributed by atoms with Gasteiger partial charge in [-0.15, -0.1) is 22.7 Å². The number of hydrogen-bond acceptors (Lipinski definition) is 15. The van der Waals surface area contributed by atoms with Crippen LogP contribution in [-0.4, -0.2) is 152 Å². The number of halogens is 6. The number of nitrogens with one attached hydrogen (secondary N) is 3. The van der Waals surface area contributed by atoms with Crippen LogP contribution in [0.4, 0.5) is 58.7 Å². The van der Waals surface area contributed by atoms with Crippen molar-refractivity contribution in [2.75, 3.05) is 63.0 Å². The number of thiophene rings is 2. The standard InChI is InChI=1S/C29H30N4O3S.C20H14N2O2S.C9H18N2O2.2C2HF3O2/c1-29(2,3)36-28(35)33-15-13-32(14-16-33)27(34)25-17-23-24(18-30-19-26(23)37-25)31-22-11-9-21(10-12-22)20-7-5-4-6-8-20;23-20(24)18-10-16-17(11-21-12-19(16)25-18)22-15-8-6-14(7-9-15)13-4-2-1-3-5-13;1-9(2,3)13-8(12)11-6-4-10-5-7-11;2*3-2(4,5)1(6)7/h4-12,17-19,31H,13-16H2,1-3H3;1-12,22H,(H,23,24);10H,4-7H2,1-3H3;2*(H,6,7). The number of aromatic nitrogens is 2. The first kappa shape index (κ1) is 68.8. The van der Waals surface area contributed by atoms with E-state index in [-0.39, 0.29) is 23.7 Å². The Bertz CT molecular complexity index is 3650. The van der Waals surface area contributed by atoms with E-state index in [1.54, 1.807) is 45.6 Å². The van der Waals surface area contributed by atoms with Gasteiger partial charge in [0.25, 0.3) is 5.91 Å². The van der Waals surface area contributed by atoms with Gasteiger partial charge in [0.05, 0.1) is 38.0 Å². The normalized spacial score (nSPS) is 13.3. The lowest BCUT2D eigenvalue weighted by Gasteiger charge is -2.35. The molecule has 2 aliphatic heterocycles. The fraction of sp³-hybridized carbons (Fsp3) is 0.290. The summed E-state index contributed by atoms with van der Waals surface area (Å²) >= 11 is 2.67. The third-order valence-electron chi connectivity index (χ3n) is 12.3. The molecule has 0 saturated carbocycles. The highest BCUT2D eigenvalue weighted by molar-refractivity contribution is 7.21. The molecule has 0 aliphatic carbocycles. The zero-order valence-corrected chi connectivity index (χ0v) is 50.6. The minimum Gasteiger partial charge on any atom is -0.477 e. The summed E-state index contributed by atoms with van der Waals surface area (Å²) in [7, 11) is 0. The van der Waals surface area contributed by atoms with Crippen molar-refractivity contribution in [1.82, 2.24) is 30.0 Å². The van der Waals surface area contributed by atoms with Gasteiger partial charge in [0.2, 0.25) is 0 Å². The van der Waals surface area contributed by atoms with Crippen LogP contribution in [0.2, 0.25) is 0 Å². The number of carboxylic acid groups (broad SMARTS) is 3. The van der Waals surface area contributed by atoms with Crippen molar-refractivity contribution in [3.63, 3.8) is 0 Å². The highest BCUT2D eigenvalue weighted by Crippen LogP contribution is 2.35. The average Bonchev–Trinajstić information content (AvgIpc) is 1.76. The molecular formula is C62H64F6N8O11S2. The van der Waals surface area contributed by atoms with Crippen LogP contribution in [0, 0.1) is 0 Å². The van der Waals surface area contributed by atoms with Crippen LogP contribution in [0.5, 0.6) is 0 Å². The first-order valence-corrected chi connectivity index (χ1v) is 28.9. The number of amides is 3. The Morgan fingerprint density at radius 3 is 1.18 bits per heavy atom. The molecule has 0 bridgehead atoms. The number of alkyl halides is 6. The van der Waals surface area contributed by atoms with Crippen LogP contribution < -0.4 is 16.0 Å². The van der Waals surface area contributed by atoms with E-state index in [1.807, 2.05) is 108 Å². The van der Waals surface area contributed by atoms with Crippen molar-refractivity contribution in [1.29, 1.82) is 0 Å². The third kappa shape index (κ3) is 21.5. The maximum absolute atomic E-state index is 13.3. The first-order chi connectivity index (χ1) is 41.8. The van der Waals surface area contributed by atoms with Crippen LogP contribution in [0.3, 0.4) is 0 Å². The second-order valence-electron chi connectivity index (χ2n) is 21.4. The molecule has 6 heterocycles. The summed E-state index contributed by atoms with van der Waals surface area (Å²) in [6, 6.07) is 40.5. The van der Waals surface area contributed by atoms with E-state index < -0.39 is 35.9 Å². The molecular weight excluding hydrogens is 1210 g/mol. The average molecular weight is 1280 g/mol. The molecule has 4 aromatic heterocycles. The van der Waals surface area contributed by atoms with Crippen LogP contribution in [0.1, 0.15) is 60.9 Å². The molecule has 19 nitrogen and oxygen atoms in total. The molecule has 0 spiro atoms. The quantitative estimate of drug-likeness (QED) is 0.0774. The van der Waals surface area contributed by atoms with Gasteiger partial charge in [-0.05, 0) is 100 Å². The largest absolute Gasteiger partial charge is 0.490 e. The predicted octanol–water partition coefficient (Wildman–Crippen LogP) is 13.9. The fourth-order valence-corrected chi connectivity index (χ4v) is 10.1. The summed E-state index contributed by atoms with van der Waals surface area (Å²) in [5.41, 5.74) is 7.25. The Hall–Kier alpha value is -9.34. The van der Waals surface area contributed by atoms with E-state index >= 15 is 0 Å². The lowest BCUT2D eigenvalue weighted by molar-refractivity contribution is -0.193. The van der Waals surface area contributed by atoms with E-state index in [2.05, 4.69) is 74.4 Å². The van der Waals surface area contributed by atoms with Crippen LogP contribution in [-0.2, 0) is 19.1 Å². The molecule has 27 heteroatoms. The number of carbonyl (C=O) groups is 6. The Morgan fingerprint density at radius 2 is 0.820 bits per heavy atom. The second-order valence-corrected chi connectivity index (χ2v) is 23.6. The molecule has 4 aromatic carbocycles. The number of aromatic carboxylic acids is 1. The van der Waals surface area contributed by atoms with Gasteiger partial charge < -0.3 is 55.4 Å². The Labute approximate surface area is 515 Å². The van der Waals surface area contributed by atoms with Crippen molar-refractivity contribution in [3.8, 4) is 22.3 Å². The van der Waals surface area contributed by atoms with E-state index in [4.69, 9.17) is 29.3 Å². The van der Waals surface area contributed by atoms with Gasteiger partial charge in [-0.2, -0.15) is 26.3 Å². The van der Waals surface area contributed by atoms with Gasteiger partial charge in [-0.3, -0.25) is 14.8 Å². The number of benzene rings is 4. The van der Waals surface area contributed by atoms with Gasteiger partial charge in [0.1, 0.15) is 16.1 Å². The van der Waals surface area contributed by atoms with E-state index in [0.29, 0.717) is 35.9 Å². The highest BCUT2D eigenvalue weighted by atomic mass is 32.1. The van der Waals surface area contributed by atoms with Gasteiger partial charge in [0.15, 0.2) is 0 Å². The second kappa shape index (κ2) is 30.5. The van der Waals surface area contributed by atoms with Crippen molar-refractivity contribution in [2.24, 2.45) is 0 Å². The predicted molar refractivity (Wildman–Crippen MR) is 328 cm³/mol. The number of ether oxygens (including phenoxy) is 2. The van der Waals surface area contributed by atoms with Crippen LogP contribution in [0.15, 0.2) is 146 Å². The number of fused-ring (bicyclic) bond motifs is 2. The Balaban J connectivity index is 0.000000207. The zero-order chi connectivity index (χ0) is 65.3. The van der Waals surface area contributed by atoms with Gasteiger partial charge >= 0.3 is 42.4 Å². The number of piperazine rings is 2. The molecule has 2 saturated heterocycles. The van der Waals surface area contributed by atoms with Crippen LogP contribution >= 0.6 is 22.7 Å². The monoisotopic (exact) mass is 1270 g/mol. The molecule has 3 amide bonds. The molecule has 0 radical (unpaired) electrons. The summed E-state index contributed by atoms with van der Waals surface area (Å²) in [6.07, 6.45) is -3.72. The molecule has 2 fully saturated rings. The smallest absolute Gasteiger partial charge is 0.477 e. The minimum atomic E-state index is -5.08. The molecule has 8 aromatic rings. The van der Waals surface area contributed by atoms with Crippen molar-refractivity contribution >= 4 is 102 Å². The minimum absolute atomic E-state index is 0.0248. The molecule has 6 N–H and O–H groups in total. The molecule has 472 valence electrons. The summed E-state index contributed by atoms with van der Waals surface area (Å²) in [5.74, 6) is -6.46. The number of rotatable bonds is 8. The molecule has 2 aliphatic rings. The van der Waals surface area contributed by atoms with E-state index in [0.717, 1.165) is 80.2 Å². The van der Waals surface area contributed by atoms with E-state index in [1.165, 1.54) is 33.8 Å². The number of hydrogen-bond donors (Lipinski definition) is 6. The van der Waals surface area contributed by atoms with Crippen molar-refractivity contribution in [3.05, 3.63) is 156 Å². The summed E-state index contributed by atoms with van der Waals surface area (Å²) in [4.78, 5) is 80.8. The Kier molecular flexibility index (Phi) is 23.6. The van der Waals surface area contributed by atoms with Gasteiger partial charge in [-0.25, -0.2) is 24.0 Å². The summed E-state index contributed by atoms with van der Waals surface area (Å²) < 4.78 is 76.0. The number of nitrogens with zero attached hydrogens (tertiary/aromatic N) is 5. The first-order valence-electron chi connectivity index (χ1n) is 27.2. The highest BCUT2D eigenvalue weighted by Gasteiger charge is 2.39. The number of aliphatic carboxylic acids is 2.